The van der Waals surface area contributed by atoms with Crippen molar-refractivity contribution in [2.75, 3.05) is 0 Å². The number of hydrogen-bond donors (Lipinski definition) is 1. The Bertz CT molecular complexity index is 601. The largest absolute Gasteiger partial charge is 0.350 e. The van der Waals surface area contributed by atoms with Crippen LogP contribution in [0.1, 0.15) is 30.6 Å². The molecule has 0 aliphatic heterocycles. The lowest BCUT2D eigenvalue weighted by Gasteiger charge is -2.13. The molecule has 1 atom stereocenters. The van der Waals surface area contributed by atoms with E-state index in [1.807, 2.05) is 13.8 Å². The zero-order chi connectivity index (χ0) is 14.8. The van der Waals surface area contributed by atoms with Gasteiger partial charge in [0.15, 0.2) is 0 Å². The normalized spacial score (nSPS) is 13.1. The van der Waals surface area contributed by atoms with Crippen LogP contribution in [0.5, 0.6) is 0 Å². The van der Waals surface area contributed by atoms with E-state index >= 15 is 0 Å². The van der Waals surface area contributed by atoms with Gasteiger partial charge in [-0.1, -0.05) is 30.1 Å². The molecule has 1 N–H and O–H groups in total. The van der Waals surface area contributed by atoms with Crippen LogP contribution in [0.3, 0.4) is 0 Å². The van der Waals surface area contributed by atoms with Crippen LogP contribution < -0.4 is 5.32 Å². The van der Waals surface area contributed by atoms with E-state index in [9.17, 15) is 13.2 Å². The second-order valence-electron chi connectivity index (χ2n) is 3.99. The predicted molar refractivity (Wildman–Crippen MR) is 76.7 cm³/mol. The first-order valence-electron chi connectivity index (χ1n) is 5.41. The summed E-state index contributed by atoms with van der Waals surface area (Å²) in [5, 5.41) is 2.62. The number of nitrogens with one attached hydrogen (secondary N) is 1. The molecule has 0 heterocycles. The summed E-state index contributed by atoms with van der Waals surface area (Å²) < 4.78 is 22.6. The summed E-state index contributed by atoms with van der Waals surface area (Å²) in [6.07, 6.45) is 0.727. The van der Waals surface area contributed by atoms with E-state index in [1.165, 1.54) is 0 Å². The van der Waals surface area contributed by atoms with Gasteiger partial charge in [-0.3, -0.25) is 4.79 Å². The average Bonchev–Trinajstić information content (AvgIpc) is 2.30. The number of amides is 1. The molecule has 0 aliphatic carbocycles. The second kappa shape index (κ2) is 6.31. The fraction of sp³-hybridized carbons (Fsp3) is 0.364. The van der Waals surface area contributed by atoms with Crippen molar-refractivity contribution in [2.45, 2.75) is 31.2 Å². The highest BCUT2D eigenvalue weighted by Gasteiger charge is 2.20. The minimum Gasteiger partial charge on any atom is -0.350 e. The van der Waals surface area contributed by atoms with Crippen molar-refractivity contribution < 1.29 is 13.2 Å². The number of hydrogen-bond acceptors (Lipinski definition) is 3. The molecule has 0 radical (unpaired) electrons. The number of halogens is 3. The van der Waals surface area contributed by atoms with Gasteiger partial charge < -0.3 is 5.32 Å². The quantitative estimate of drug-likeness (QED) is 0.851. The maximum absolute atomic E-state index is 12.0. The van der Waals surface area contributed by atoms with E-state index in [0.717, 1.165) is 18.6 Å². The van der Waals surface area contributed by atoms with Crippen molar-refractivity contribution in [3.8, 4) is 0 Å². The summed E-state index contributed by atoms with van der Waals surface area (Å²) in [4.78, 5) is 11.7. The summed E-state index contributed by atoms with van der Waals surface area (Å²) in [6, 6.07) is 2.14. The standard InChI is InChI=1S/C11H12Cl3NO3S/c1-3-6(2)15-11(16)8-4-7(19(14,17)18)5-9(12)10(8)13/h4-6H,3H2,1-2H3,(H,15,16). The van der Waals surface area contributed by atoms with Gasteiger partial charge in [0.1, 0.15) is 0 Å². The van der Waals surface area contributed by atoms with Crippen LogP contribution in [0, 0.1) is 0 Å². The Morgan fingerprint density at radius 1 is 1.37 bits per heavy atom. The molecule has 0 spiro atoms. The molecule has 0 saturated heterocycles. The molecular formula is C11H12Cl3NO3S. The van der Waals surface area contributed by atoms with Crippen molar-refractivity contribution in [3.63, 3.8) is 0 Å². The molecule has 8 heteroatoms. The van der Waals surface area contributed by atoms with E-state index in [0.29, 0.717) is 0 Å². The summed E-state index contributed by atoms with van der Waals surface area (Å²) in [5.74, 6) is -0.497. The van der Waals surface area contributed by atoms with Crippen molar-refractivity contribution >= 4 is 48.8 Å². The minimum atomic E-state index is -3.98. The highest BCUT2D eigenvalue weighted by atomic mass is 35.7. The van der Waals surface area contributed by atoms with Crippen molar-refractivity contribution in [2.24, 2.45) is 0 Å². The fourth-order valence-corrected chi connectivity index (χ4v) is 2.54. The van der Waals surface area contributed by atoms with Crippen LogP contribution in [-0.4, -0.2) is 20.4 Å². The van der Waals surface area contributed by atoms with Crippen molar-refractivity contribution in [1.82, 2.24) is 5.32 Å². The maximum Gasteiger partial charge on any atom is 0.261 e. The van der Waals surface area contributed by atoms with E-state index in [2.05, 4.69) is 5.32 Å². The molecule has 1 aromatic rings. The first-order valence-corrected chi connectivity index (χ1v) is 8.48. The third-order valence-corrected chi connectivity index (χ3v) is 4.65. The Morgan fingerprint density at radius 2 is 1.95 bits per heavy atom. The van der Waals surface area contributed by atoms with E-state index < -0.39 is 15.0 Å². The van der Waals surface area contributed by atoms with Crippen LogP contribution in [0.2, 0.25) is 10.0 Å². The molecule has 0 fully saturated rings. The zero-order valence-electron chi connectivity index (χ0n) is 10.2. The summed E-state index contributed by atoms with van der Waals surface area (Å²) >= 11 is 11.7. The molecule has 106 valence electrons. The van der Waals surface area contributed by atoms with Crippen LogP contribution in [0.4, 0.5) is 0 Å². The van der Waals surface area contributed by atoms with Gasteiger partial charge >= 0.3 is 0 Å². The van der Waals surface area contributed by atoms with Crippen LogP contribution in [-0.2, 0) is 9.05 Å². The lowest BCUT2D eigenvalue weighted by Crippen LogP contribution is -2.32. The Hall–Kier alpha value is -0.490. The van der Waals surface area contributed by atoms with Gasteiger partial charge in [0.2, 0.25) is 0 Å². The predicted octanol–water partition coefficient (Wildman–Crippen LogP) is 3.45. The summed E-state index contributed by atoms with van der Waals surface area (Å²) in [5.41, 5.74) is -0.0197. The molecule has 1 aromatic carbocycles. The molecule has 0 aliphatic rings. The van der Waals surface area contributed by atoms with Gasteiger partial charge in [0, 0.05) is 16.7 Å². The highest BCUT2D eigenvalue weighted by Crippen LogP contribution is 2.30. The van der Waals surface area contributed by atoms with E-state index in [1.54, 1.807) is 0 Å². The Morgan fingerprint density at radius 3 is 2.42 bits per heavy atom. The molecule has 1 rings (SSSR count). The van der Waals surface area contributed by atoms with Crippen LogP contribution >= 0.6 is 33.9 Å². The number of rotatable bonds is 4. The monoisotopic (exact) mass is 343 g/mol. The number of carbonyl (C=O) groups is 1. The van der Waals surface area contributed by atoms with E-state index in [-0.39, 0.29) is 26.5 Å². The fourth-order valence-electron chi connectivity index (χ4n) is 1.27. The van der Waals surface area contributed by atoms with Gasteiger partial charge in [-0.05, 0) is 25.5 Å². The van der Waals surface area contributed by atoms with Gasteiger partial charge in [-0.2, -0.15) is 0 Å². The molecule has 1 amide bonds. The zero-order valence-corrected chi connectivity index (χ0v) is 13.3. The summed E-state index contributed by atoms with van der Waals surface area (Å²) in [7, 11) is 1.25. The molecule has 1 unspecified atom stereocenters. The molecule has 0 bridgehead atoms. The third kappa shape index (κ3) is 4.24. The van der Waals surface area contributed by atoms with Crippen molar-refractivity contribution in [1.29, 1.82) is 0 Å². The maximum atomic E-state index is 12.0. The first-order chi connectivity index (χ1) is 8.66. The van der Waals surface area contributed by atoms with Gasteiger partial charge in [0.25, 0.3) is 15.0 Å². The highest BCUT2D eigenvalue weighted by molar-refractivity contribution is 8.13. The Balaban J connectivity index is 3.27. The van der Waals surface area contributed by atoms with Crippen LogP contribution in [0.25, 0.3) is 0 Å². The van der Waals surface area contributed by atoms with Gasteiger partial charge in [-0.25, -0.2) is 8.42 Å². The third-order valence-electron chi connectivity index (χ3n) is 2.52. The summed E-state index contributed by atoms with van der Waals surface area (Å²) in [6.45, 7) is 3.72. The number of carbonyl (C=O) groups excluding carboxylic acids is 1. The topological polar surface area (TPSA) is 63.2 Å². The molecule has 19 heavy (non-hydrogen) atoms. The van der Waals surface area contributed by atoms with Crippen LogP contribution in [0.15, 0.2) is 17.0 Å². The smallest absolute Gasteiger partial charge is 0.261 e. The molecule has 0 saturated carbocycles. The van der Waals surface area contributed by atoms with Gasteiger partial charge in [0.05, 0.1) is 20.5 Å². The SMILES string of the molecule is CCC(C)NC(=O)c1cc(S(=O)(=O)Cl)cc(Cl)c1Cl. The number of benzene rings is 1. The van der Waals surface area contributed by atoms with Crippen molar-refractivity contribution in [3.05, 3.63) is 27.7 Å². The average molecular weight is 345 g/mol. The molecule has 0 aromatic heterocycles. The van der Waals surface area contributed by atoms with Gasteiger partial charge in [-0.15, -0.1) is 0 Å². The lowest BCUT2D eigenvalue weighted by atomic mass is 10.2. The molecule has 4 nitrogen and oxygen atoms in total. The first kappa shape index (κ1) is 16.6. The Kier molecular flexibility index (Phi) is 5.50. The van der Waals surface area contributed by atoms with E-state index in [4.69, 9.17) is 33.9 Å². The molecular weight excluding hydrogens is 333 g/mol. The second-order valence-corrected chi connectivity index (χ2v) is 7.34. The lowest BCUT2D eigenvalue weighted by molar-refractivity contribution is 0.0939. The Labute approximate surface area is 126 Å². The minimum absolute atomic E-state index is 0.00784.